The van der Waals surface area contributed by atoms with Crippen LogP contribution in [0, 0.1) is 0 Å². The standard InChI is InChI=1S/C9H16N4O2/c1-4-9(2,15-3)8(14)12-7-6(10)5-11-13-7/h5H,4,10H2,1-3H3,(H2,11,12,13,14). The van der Waals surface area contributed by atoms with Gasteiger partial charge in [0.1, 0.15) is 5.60 Å². The van der Waals surface area contributed by atoms with Gasteiger partial charge in [0, 0.05) is 7.11 Å². The fourth-order valence-electron chi connectivity index (χ4n) is 1.04. The number of carbonyl (C=O) groups is 1. The summed E-state index contributed by atoms with van der Waals surface area (Å²) in [5.74, 6) is 0.153. The van der Waals surface area contributed by atoms with Crippen molar-refractivity contribution in [3.8, 4) is 0 Å². The summed E-state index contributed by atoms with van der Waals surface area (Å²) in [4.78, 5) is 11.8. The van der Waals surface area contributed by atoms with Gasteiger partial charge in [-0.2, -0.15) is 5.10 Å². The largest absolute Gasteiger partial charge is 0.394 e. The third-order valence-electron chi connectivity index (χ3n) is 2.51. The van der Waals surface area contributed by atoms with Gasteiger partial charge in [-0.15, -0.1) is 0 Å². The molecule has 1 atom stereocenters. The summed E-state index contributed by atoms with van der Waals surface area (Å²) in [7, 11) is 1.50. The normalized spacial score (nSPS) is 14.6. The number of H-pyrrole nitrogens is 1. The van der Waals surface area contributed by atoms with Crippen molar-refractivity contribution in [3.05, 3.63) is 6.20 Å². The number of nitrogens with zero attached hydrogens (tertiary/aromatic N) is 1. The molecule has 15 heavy (non-hydrogen) atoms. The Morgan fingerprint density at radius 2 is 2.47 bits per heavy atom. The van der Waals surface area contributed by atoms with Gasteiger partial charge in [0.15, 0.2) is 5.82 Å². The van der Waals surface area contributed by atoms with Gasteiger partial charge in [-0.05, 0) is 13.3 Å². The number of nitrogens with two attached hydrogens (primary N) is 1. The molecule has 0 saturated heterocycles. The second kappa shape index (κ2) is 4.31. The zero-order chi connectivity index (χ0) is 11.5. The van der Waals surface area contributed by atoms with Crippen molar-refractivity contribution < 1.29 is 9.53 Å². The topological polar surface area (TPSA) is 93.0 Å². The zero-order valence-electron chi connectivity index (χ0n) is 9.13. The molecule has 1 aromatic heterocycles. The lowest BCUT2D eigenvalue weighted by atomic mass is 10.0. The summed E-state index contributed by atoms with van der Waals surface area (Å²) in [6, 6.07) is 0. The lowest BCUT2D eigenvalue weighted by Crippen LogP contribution is -2.41. The molecule has 84 valence electrons. The number of aromatic nitrogens is 2. The molecule has 0 spiro atoms. The van der Waals surface area contributed by atoms with E-state index in [1.807, 2.05) is 6.92 Å². The van der Waals surface area contributed by atoms with Crippen molar-refractivity contribution in [1.29, 1.82) is 0 Å². The zero-order valence-corrected chi connectivity index (χ0v) is 9.13. The second-order valence-corrected chi connectivity index (χ2v) is 3.44. The maximum absolute atomic E-state index is 11.8. The van der Waals surface area contributed by atoms with E-state index in [1.54, 1.807) is 6.92 Å². The van der Waals surface area contributed by atoms with E-state index in [0.29, 0.717) is 17.9 Å². The Hall–Kier alpha value is -1.56. The number of aromatic amines is 1. The van der Waals surface area contributed by atoms with Gasteiger partial charge in [0.05, 0.1) is 11.9 Å². The van der Waals surface area contributed by atoms with Gasteiger partial charge in [0.25, 0.3) is 5.91 Å². The van der Waals surface area contributed by atoms with E-state index in [0.717, 1.165) is 0 Å². The van der Waals surface area contributed by atoms with E-state index in [2.05, 4.69) is 15.5 Å². The number of hydrogen-bond donors (Lipinski definition) is 3. The summed E-state index contributed by atoms with van der Waals surface area (Å²) in [5.41, 5.74) is 5.12. The first kappa shape index (κ1) is 11.5. The van der Waals surface area contributed by atoms with Crippen LogP contribution in [0.4, 0.5) is 11.5 Å². The van der Waals surface area contributed by atoms with Crippen LogP contribution in [0.2, 0.25) is 0 Å². The summed E-state index contributed by atoms with van der Waals surface area (Å²) in [6.07, 6.45) is 2.01. The number of nitrogen functional groups attached to an aromatic ring is 1. The number of ether oxygens (including phenoxy) is 1. The number of anilines is 2. The van der Waals surface area contributed by atoms with Crippen LogP contribution in [0.15, 0.2) is 6.20 Å². The lowest BCUT2D eigenvalue weighted by molar-refractivity contribution is -0.136. The first-order valence-corrected chi connectivity index (χ1v) is 4.69. The Bertz CT molecular complexity index is 344. The molecule has 0 saturated carbocycles. The molecule has 0 aliphatic rings. The Kier molecular flexibility index (Phi) is 3.31. The minimum absolute atomic E-state index is 0.247. The molecule has 0 aromatic carbocycles. The molecule has 1 unspecified atom stereocenters. The fourth-order valence-corrected chi connectivity index (χ4v) is 1.04. The molecule has 0 radical (unpaired) electrons. The van der Waals surface area contributed by atoms with Gasteiger partial charge in [-0.3, -0.25) is 9.89 Å². The SMILES string of the molecule is CCC(C)(OC)C(=O)Nc1[nH]ncc1N. The number of methoxy groups -OCH3 is 1. The minimum Gasteiger partial charge on any atom is -0.394 e. The second-order valence-electron chi connectivity index (χ2n) is 3.44. The molecular weight excluding hydrogens is 196 g/mol. The van der Waals surface area contributed by atoms with Gasteiger partial charge >= 0.3 is 0 Å². The Morgan fingerprint density at radius 3 is 2.87 bits per heavy atom. The predicted octanol–water partition coefficient (Wildman–Crippen LogP) is 0.745. The van der Waals surface area contributed by atoms with E-state index in [1.165, 1.54) is 13.3 Å². The van der Waals surface area contributed by atoms with Crippen LogP contribution < -0.4 is 11.1 Å². The monoisotopic (exact) mass is 212 g/mol. The summed E-state index contributed by atoms with van der Waals surface area (Å²) in [6.45, 7) is 3.59. The molecule has 4 N–H and O–H groups in total. The maximum atomic E-state index is 11.8. The van der Waals surface area contributed by atoms with Crippen molar-refractivity contribution in [2.24, 2.45) is 0 Å². The van der Waals surface area contributed by atoms with Gasteiger partial charge in [0.2, 0.25) is 0 Å². The molecule has 0 aliphatic carbocycles. The van der Waals surface area contributed by atoms with Gasteiger partial charge < -0.3 is 15.8 Å². The smallest absolute Gasteiger partial charge is 0.257 e. The molecule has 6 nitrogen and oxygen atoms in total. The molecule has 1 amide bonds. The van der Waals surface area contributed by atoms with Gasteiger partial charge in [-0.25, -0.2) is 0 Å². The maximum Gasteiger partial charge on any atom is 0.257 e. The predicted molar refractivity (Wildman–Crippen MR) is 57.3 cm³/mol. The number of amides is 1. The van der Waals surface area contributed by atoms with E-state index in [-0.39, 0.29) is 5.91 Å². The number of rotatable bonds is 4. The van der Waals surface area contributed by atoms with E-state index in [9.17, 15) is 4.79 Å². The van der Waals surface area contributed by atoms with Crippen LogP contribution in [0.3, 0.4) is 0 Å². The summed E-state index contributed by atoms with van der Waals surface area (Å²) >= 11 is 0. The van der Waals surface area contributed by atoms with E-state index in [4.69, 9.17) is 10.5 Å². The molecule has 1 heterocycles. The van der Waals surface area contributed by atoms with Crippen molar-refractivity contribution in [2.75, 3.05) is 18.2 Å². The molecule has 0 aliphatic heterocycles. The Balaban J connectivity index is 2.75. The van der Waals surface area contributed by atoms with Crippen LogP contribution in [0.25, 0.3) is 0 Å². The molecular formula is C9H16N4O2. The van der Waals surface area contributed by atoms with Crippen molar-refractivity contribution in [2.45, 2.75) is 25.9 Å². The first-order valence-electron chi connectivity index (χ1n) is 4.69. The van der Waals surface area contributed by atoms with Crippen LogP contribution >= 0.6 is 0 Å². The molecule has 0 bridgehead atoms. The average molecular weight is 212 g/mol. The number of nitrogens with one attached hydrogen (secondary N) is 2. The molecule has 1 aromatic rings. The lowest BCUT2D eigenvalue weighted by Gasteiger charge is -2.24. The highest BCUT2D eigenvalue weighted by molar-refractivity contribution is 5.98. The number of hydrogen-bond acceptors (Lipinski definition) is 4. The first-order chi connectivity index (χ1) is 7.03. The Labute approximate surface area is 88.2 Å². The van der Waals surface area contributed by atoms with E-state index < -0.39 is 5.60 Å². The highest BCUT2D eigenvalue weighted by atomic mass is 16.5. The minimum atomic E-state index is -0.850. The highest BCUT2D eigenvalue weighted by Crippen LogP contribution is 2.19. The fraction of sp³-hybridized carbons (Fsp3) is 0.556. The van der Waals surface area contributed by atoms with Gasteiger partial charge in [-0.1, -0.05) is 6.92 Å². The third kappa shape index (κ3) is 2.27. The van der Waals surface area contributed by atoms with E-state index >= 15 is 0 Å². The van der Waals surface area contributed by atoms with Crippen LogP contribution in [-0.2, 0) is 9.53 Å². The third-order valence-corrected chi connectivity index (χ3v) is 2.51. The molecule has 0 fully saturated rings. The summed E-state index contributed by atoms with van der Waals surface area (Å²) < 4.78 is 5.15. The van der Waals surface area contributed by atoms with Crippen molar-refractivity contribution in [1.82, 2.24) is 10.2 Å². The molecule has 6 heteroatoms. The Morgan fingerprint density at radius 1 is 1.80 bits per heavy atom. The molecule has 1 rings (SSSR count). The van der Waals surface area contributed by atoms with Crippen LogP contribution in [0.1, 0.15) is 20.3 Å². The van der Waals surface area contributed by atoms with Crippen LogP contribution in [-0.4, -0.2) is 28.8 Å². The average Bonchev–Trinajstić information content (AvgIpc) is 2.63. The highest BCUT2D eigenvalue weighted by Gasteiger charge is 2.31. The van der Waals surface area contributed by atoms with Crippen molar-refractivity contribution >= 4 is 17.4 Å². The van der Waals surface area contributed by atoms with Crippen LogP contribution in [0.5, 0.6) is 0 Å². The quantitative estimate of drug-likeness (QED) is 0.686. The summed E-state index contributed by atoms with van der Waals surface area (Å²) in [5, 5.41) is 8.92. The number of carbonyl (C=O) groups excluding carboxylic acids is 1. The van der Waals surface area contributed by atoms with Crippen molar-refractivity contribution in [3.63, 3.8) is 0 Å².